The maximum absolute atomic E-state index is 11.7. The van der Waals surface area contributed by atoms with E-state index in [-0.39, 0.29) is 0 Å². The number of rotatable bonds is 2. The minimum atomic E-state index is -3.28. The molecule has 0 spiro atoms. The fourth-order valence-corrected chi connectivity index (χ4v) is 3.26. The molecule has 0 fully saturated rings. The molecule has 0 bridgehead atoms. The molecule has 1 aliphatic heterocycles. The summed E-state index contributed by atoms with van der Waals surface area (Å²) in [5.74, 6) is 0. The van der Waals surface area contributed by atoms with Crippen LogP contribution in [-0.2, 0) is 9.84 Å². The summed E-state index contributed by atoms with van der Waals surface area (Å²) in [4.78, 5) is 0.313. The summed E-state index contributed by atoms with van der Waals surface area (Å²) in [6.07, 6.45) is 0. The Balaban J connectivity index is 2.69. The van der Waals surface area contributed by atoms with E-state index in [0.29, 0.717) is 22.7 Å². The highest BCUT2D eigenvalue weighted by Gasteiger charge is 2.27. The molecular weight excluding hydrogens is 212 g/mol. The van der Waals surface area contributed by atoms with Gasteiger partial charge in [0.25, 0.3) is 0 Å². The maximum Gasteiger partial charge on any atom is 0.200 e. The van der Waals surface area contributed by atoms with Crippen LogP contribution in [0.4, 0.5) is 5.69 Å². The van der Waals surface area contributed by atoms with Crippen molar-refractivity contribution in [1.29, 1.82) is 0 Å². The molecule has 0 radical (unpaired) electrons. The Morgan fingerprint density at radius 2 is 2.13 bits per heavy atom. The number of nitrogens with one attached hydrogen (secondary N) is 1. The molecule has 5 heteroatoms. The lowest BCUT2D eigenvalue weighted by atomic mass is 10.1. The first-order valence-electron chi connectivity index (χ1n) is 4.55. The number of benzene rings is 1. The van der Waals surface area contributed by atoms with Crippen LogP contribution in [0.3, 0.4) is 0 Å². The highest BCUT2D eigenvalue weighted by atomic mass is 32.2. The van der Waals surface area contributed by atoms with Gasteiger partial charge in [-0.1, -0.05) is 6.07 Å². The number of hydrogen-bond donors (Lipinski definition) is 2. The van der Waals surface area contributed by atoms with Gasteiger partial charge in [0.2, 0.25) is 9.84 Å². The standard InChI is InChI=1S/C10H12N2O2S/c1-12-5-7-6-15(13,14)9-4-2-3-8(11)10(7)9/h2-4,6,12H,5,11H2,1H3. The van der Waals surface area contributed by atoms with Crippen LogP contribution in [0.25, 0.3) is 5.57 Å². The molecule has 80 valence electrons. The Hall–Kier alpha value is -1.33. The van der Waals surface area contributed by atoms with Crippen molar-refractivity contribution >= 4 is 21.1 Å². The molecule has 0 amide bonds. The average molecular weight is 224 g/mol. The van der Waals surface area contributed by atoms with E-state index in [0.717, 1.165) is 5.57 Å². The van der Waals surface area contributed by atoms with E-state index in [2.05, 4.69) is 5.32 Å². The topological polar surface area (TPSA) is 72.2 Å². The number of nitrogen functional groups attached to an aromatic ring is 1. The van der Waals surface area contributed by atoms with Crippen molar-refractivity contribution in [3.8, 4) is 0 Å². The van der Waals surface area contributed by atoms with Crippen molar-refractivity contribution in [2.24, 2.45) is 0 Å². The van der Waals surface area contributed by atoms with Crippen LogP contribution in [0, 0.1) is 0 Å². The molecule has 1 aromatic carbocycles. The lowest BCUT2D eigenvalue weighted by molar-refractivity contribution is 0.605. The van der Waals surface area contributed by atoms with Crippen molar-refractivity contribution in [3.05, 3.63) is 29.2 Å². The molecule has 0 aromatic heterocycles. The van der Waals surface area contributed by atoms with Gasteiger partial charge < -0.3 is 11.1 Å². The Morgan fingerprint density at radius 3 is 2.80 bits per heavy atom. The summed E-state index contributed by atoms with van der Waals surface area (Å²) >= 11 is 0. The molecule has 1 aromatic rings. The molecule has 0 atom stereocenters. The van der Waals surface area contributed by atoms with Crippen molar-refractivity contribution in [2.45, 2.75) is 4.90 Å². The Bertz CT molecular complexity index is 532. The lowest BCUT2D eigenvalue weighted by Crippen LogP contribution is -2.09. The Morgan fingerprint density at radius 1 is 1.40 bits per heavy atom. The van der Waals surface area contributed by atoms with Crippen LogP contribution in [-0.4, -0.2) is 22.0 Å². The van der Waals surface area contributed by atoms with Crippen LogP contribution in [0.5, 0.6) is 0 Å². The summed E-state index contributed by atoms with van der Waals surface area (Å²) in [7, 11) is -1.51. The van der Waals surface area contributed by atoms with Crippen LogP contribution >= 0.6 is 0 Å². The van der Waals surface area contributed by atoms with Crippen LogP contribution < -0.4 is 11.1 Å². The van der Waals surface area contributed by atoms with Gasteiger partial charge in [0.1, 0.15) is 0 Å². The van der Waals surface area contributed by atoms with Crippen molar-refractivity contribution in [2.75, 3.05) is 19.3 Å². The fourth-order valence-electron chi connectivity index (χ4n) is 1.76. The maximum atomic E-state index is 11.7. The van der Waals surface area contributed by atoms with Crippen LogP contribution in [0.2, 0.25) is 0 Å². The second-order valence-electron chi connectivity index (χ2n) is 3.44. The summed E-state index contributed by atoms with van der Waals surface area (Å²) in [6, 6.07) is 4.95. The molecule has 1 heterocycles. The number of hydrogen-bond acceptors (Lipinski definition) is 4. The summed E-state index contributed by atoms with van der Waals surface area (Å²) in [6.45, 7) is 0.500. The van der Waals surface area contributed by atoms with Gasteiger partial charge in [-0.2, -0.15) is 0 Å². The molecule has 3 N–H and O–H groups in total. The van der Waals surface area contributed by atoms with E-state index in [1.165, 1.54) is 5.41 Å². The summed E-state index contributed by atoms with van der Waals surface area (Å²) < 4.78 is 23.5. The van der Waals surface area contributed by atoms with Crippen molar-refractivity contribution in [1.82, 2.24) is 5.32 Å². The van der Waals surface area contributed by atoms with Gasteiger partial charge in [-0.05, 0) is 24.8 Å². The SMILES string of the molecule is CNCC1=CS(=O)(=O)c2cccc(N)c21. The highest BCUT2D eigenvalue weighted by Crippen LogP contribution is 2.36. The Labute approximate surface area is 88.7 Å². The second-order valence-corrected chi connectivity index (χ2v) is 5.20. The largest absolute Gasteiger partial charge is 0.398 e. The van der Waals surface area contributed by atoms with E-state index in [1.54, 1.807) is 25.2 Å². The Kier molecular flexibility index (Phi) is 2.28. The van der Waals surface area contributed by atoms with Crippen LogP contribution in [0.15, 0.2) is 28.5 Å². The minimum absolute atomic E-state index is 0.313. The van der Waals surface area contributed by atoms with Gasteiger partial charge in [0.05, 0.1) is 4.90 Å². The zero-order chi connectivity index (χ0) is 11.1. The second kappa shape index (κ2) is 3.36. The van der Waals surface area contributed by atoms with E-state index in [1.807, 2.05) is 0 Å². The van der Waals surface area contributed by atoms with Gasteiger partial charge in [0.15, 0.2) is 0 Å². The molecular formula is C10H12N2O2S. The quantitative estimate of drug-likeness (QED) is 0.722. The zero-order valence-corrected chi connectivity index (χ0v) is 9.14. The summed E-state index contributed by atoms with van der Waals surface area (Å²) in [5.41, 5.74) is 7.66. The van der Waals surface area contributed by atoms with E-state index in [4.69, 9.17) is 5.73 Å². The summed E-state index contributed by atoms with van der Waals surface area (Å²) in [5, 5.41) is 4.21. The molecule has 15 heavy (non-hydrogen) atoms. The number of anilines is 1. The zero-order valence-electron chi connectivity index (χ0n) is 8.32. The predicted molar refractivity (Wildman–Crippen MR) is 59.9 cm³/mol. The van der Waals surface area contributed by atoms with E-state index in [9.17, 15) is 8.42 Å². The third-order valence-corrected chi connectivity index (χ3v) is 3.90. The van der Waals surface area contributed by atoms with Gasteiger partial charge in [-0.3, -0.25) is 0 Å². The number of sulfone groups is 1. The lowest BCUT2D eigenvalue weighted by Gasteiger charge is -2.06. The number of nitrogens with two attached hydrogens (primary N) is 1. The molecule has 0 aliphatic carbocycles. The molecule has 1 aliphatic rings. The molecule has 0 saturated heterocycles. The third-order valence-electron chi connectivity index (χ3n) is 2.35. The first-order chi connectivity index (χ1) is 7.06. The predicted octanol–water partition coefficient (Wildman–Crippen LogP) is 0.616. The smallest absolute Gasteiger partial charge is 0.200 e. The van der Waals surface area contributed by atoms with Gasteiger partial charge in [0, 0.05) is 23.2 Å². The van der Waals surface area contributed by atoms with Crippen molar-refractivity contribution < 1.29 is 8.42 Å². The van der Waals surface area contributed by atoms with Gasteiger partial charge >= 0.3 is 0 Å². The molecule has 4 nitrogen and oxygen atoms in total. The fraction of sp³-hybridized carbons (Fsp3) is 0.200. The first-order valence-corrected chi connectivity index (χ1v) is 6.10. The third kappa shape index (κ3) is 1.53. The number of likely N-dealkylation sites (N-methyl/N-ethyl adjacent to an activating group) is 1. The highest BCUT2D eigenvalue weighted by molar-refractivity contribution is 7.95. The van der Waals surface area contributed by atoms with Gasteiger partial charge in [-0.15, -0.1) is 0 Å². The van der Waals surface area contributed by atoms with E-state index < -0.39 is 9.84 Å². The van der Waals surface area contributed by atoms with E-state index >= 15 is 0 Å². The monoisotopic (exact) mass is 224 g/mol. The van der Waals surface area contributed by atoms with Gasteiger partial charge in [-0.25, -0.2) is 8.42 Å². The van der Waals surface area contributed by atoms with Crippen LogP contribution in [0.1, 0.15) is 5.56 Å². The molecule has 2 rings (SSSR count). The van der Waals surface area contributed by atoms with Crippen molar-refractivity contribution in [3.63, 3.8) is 0 Å². The first kappa shape index (κ1) is 10.2. The number of fused-ring (bicyclic) bond motifs is 1. The minimum Gasteiger partial charge on any atom is -0.398 e. The average Bonchev–Trinajstić information content (AvgIpc) is 2.41. The molecule has 0 unspecified atom stereocenters. The normalized spacial score (nSPS) is 17.3. The molecule has 0 saturated carbocycles.